The summed E-state index contributed by atoms with van der Waals surface area (Å²) in [5, 5.41) is 3.87. The molecule has 0 saturated carbocycles. The lowest BCUT2D eigenvalue weighted by Gasteiger charge is -2.11. The molecule has 0 atom stereocenters. The molecule has 2 aromatic rings. The van der Waals surface area contributed by atoms with Gasteiger partial charge in [0, 0.05) is 18.4 Å². The lowest BCUT2D eigenvalue weighted by Crippen LogP contribution is -2.03. The SMILES string of the molecule is Cc1cccc(C)c1CNc1ccnc(Cl)c1. The zero-order valence-electron chi connectivity index (χ0n) is 10.00. The van der Waals surface area contributed by atoms with E-state index in [-0.39, 0.29) is 0 Å². The first-order valence-corrected chi connectivity index (χ1v) is 5.95. The molecule has 0 amide bonds. The summed E-state index contributed by atoms with van der Waals surface area (Å²) in [6.45, 7) is 5.06. The maximum Gasteiger partial charge on any atom is 0.131 e. The Morgan fingerprint density at radius 1 is 1.18 bits per heavy atom. The van der Waals surface area contributed by atoms with Crippen LogP contribution in [0.3, 0.4) is 0 Å². The van der Waals surface area contributed by atoms with Gasteiger partial charge < -0.3 is 5.32 Å². The third-order valence-electron chi connectivity index (χ3n) is 2.84. The van der Waals surface area contributed by atoms with Crippen molar-refractivity contribution in [3.8, 4) is 0 Å². The van der Waals surface area contributed by atoms with Crippen LogP contribution in [0.5, 0.6) is 0 Å². The van der Waals surface area contributed by atoms with Gasteiger partial charge in [0.1, 0.15) is 5.15 Å². The van der Waals surface area contributed by atoms with Gasteiger partial charge in [0.2, 0.25) is 0 Å². The number of hydrogen-bond acceptors (Lipinski definition) is 2. The summed E-state index contributed by atoms with van der Waals surface area (Å²) in [6.07, 6.45) is 1.70. The van der Waals surface area contributed by atoms with Gasteiger partial charge in [-0.05, 0) is 42.7 Å². The van der Waals surface area contributed by atoms with E-state index in [0.717, 1.165) is 12.2 Å². The molecule has 1 aromatic carbocycles. The monoisotopic (exact) mass is 246 g/mol. The highest BCUT2D eigenvalue weighted by atomic mass is 35.5. The summed E-state index contributed by atoms with van der Waals surface area (Å²) in [6, 6.07) is 10.1. The predicted octanol–water partition coefficient (Wildman–Crippen LogP) is 3.96. The minimum Gasteiger partial charge on any atom is -0.381 e. The zero-order valence-corrected chi connectivity index (χ0v) is 10.8. The van der Waals surface area contributed by atoms with E-state index in [4.69, 9.17) is 11.6 Å². The summed E-state index contributed by atoms with van der Waals surface area (Å²) < 4.78 is 0. The Bertz CT molecular complexity index is 503. The number of aromatic nitrogens is 1. The summed E-state index contributed by atoms with van der Waals surface area (Å²) in [4.78, 5) is 3.96. The van der Waals surface area contributed by atoms with Crippen molar-refractivity contribution in [3.63, 3.8) is 0 Å². The highest BCUT2D eigenvalue weighted by Crippen LogP contribution is 2.17. The van der Waals surface area contributed by atoms with Gasteiger partial charge in [-0.25, -0.2) is 4.98 Å². The Labute approximate surface area is 107 Å². The summed E-state index contributed by atoms with van der Waals surface area (Å²) >= 11 is 5.84. The molecule has 0 radical (unpaired) electrons. The molecular formula is C14H15ClN2. The zero-order chi connectivity index (χ0) is 12.3. The van der Waals surface area contributed by atoms with Crippen molar-refractivity contribution in [2.45, 2.75) is 20.4 Å². The molecule has 0 fully saturated rings. The fourth-order valence-corrected chi connectivity index (χ4v) is 2.00. The van der Waals surface area contributed by atoms with E-state index < -0.39 is 0 Å². The molecule has 1 heterocycles. The van der Waals surface area contributed by atoms with Crippen LogP contribution in [0.15, 0.2) is 36.5 Å². The second kappa shape index (κ2) is 5.19. The summed E-state index contributed by atoms with van der Waals surface area (Å²) in [5.41, 5.74) is 4.93. The molecule has 0 aliphatic rings. The van der Waals surface area contributed by atoms with Crippen LogP contribution in [0.1, 0.15) is 16.7 Å². The number of nitrogens with zero attached hydrogens (tertiary/aromatic N) is 1. The molecule has 0 aliphatic heterocycles. The van der Waals surface area contributed by atoms with Gasteiger partial charge in [0.15, 0.2) is 0 Å². The quantitative estimate of drug-likeness (QED) is 0.829. The number of benzene rings is 1. The number of rotatable bonds is 3. The van der Waals surface area contributed by atoms with E-state index in [9.17, 15) is 0 Å². The van der Waals surface area contributed by atoms with Gasteiger partial charge in [0.05, 0.1) is 0 Å². The van der Waals surface area contributed by atoms with Crippen molar-refractivity contribution in [1.82, 2.24) is 4.98 Å². The molecule has 3 heteroatoms. The predicted molar refractivity (Wildman–Crippen MR) is 72.5 cm³/mol. The van der Waals surface area contributed by atoms with Crippen LogP contribution in [0, 0.1) is 13.8 Å². The highest BCUT2D eigenvalue weighted by Gasteiger charge is 2.02. The molecular weight excluding hydrogens is 232 g/mol. The Kier molecular flexibility index (Phi) is 3.64. The van der Waals surface area contributed by atoms with Crippen molar-refractivity contribution in [1.29, 1.82) is 0 Å². The van der Waals surface area contributed by atoms with Crippen molar-refractivity contribution < 1.29 is 0 Å². The molecule has 0 bridgehead atoms. The van der Waals surface area contributed by atoms with E-state index in [1.54, 1.807) is 6.20 Å². The van der Waals surface area contributed by atoms with Crippen molar-refractivity contribution in [3.05, 3.63) is 58.4 Å². The number of aryl methyl sites for hydroxylation is 2. The van der Waals surface area contributed by atoms with E-state index in [1.165, 1.54) is 16.7 Å². The molecule has 1 aromatic heterocycles. The standard InChI is InChI=1S/C14H15ClN2/c1-10-4-3-5-11(2)13(10)9-17-12-6-7-16-14(15)8-12/h3-8H,9H2,1-2H3,(H,16,17). The number of hydrogen-bond donors (Lipinski definition) is 1. The van der Waals surface area contributed by atoms with Gasteiger partial charge in [-0.1, -0.05) is 29.8 Å². The number of anilines is 1. The van der Waals surface area contributed by atoms with Gasteiger partial charge in [-0.15, -0.1) is 0 Å². The average Bonchev–Trinajstić information content (AvgIpc) is 2.28. The van der Waals surface area contributed by atoms with Gasteiger partial charge in [0.25, 0.3) is 0 Å². The molecule has 0 aliphatic carbocycles. The van der Waals surface area contributed by atoms with E-state index in [1.807, 2.05) is 12.1 Å². The van der Waals surface area contributed by atoms with Crippen LogP contribution in [-0.4, -0.2) is 4.98 Å². The van der Waals surface area contributed by atoms with Crippen molar-refractivity contribution in [2.75, 3.05) is 5.32 Å². The van der Waals surface area contributed by atoms with E-state index in [0.29, 0.717) is 5.15 Å². The van der Waals surface area contributed by atoms with E-state index >= 15 is 0 Å². The molecule has 0 unspecified atom stereocenters. The third kappa shape index (κ3) is 2.98. The van der Waals surface area contributed by atoms with Crippen LogP contribution < -0.4 is 5.32 Å². The first-order valence-electron chi connectivity index (χ1n) is 5.57. The molecule has 2 nitrogen and oxygen atoms in total. The maximum absolute atomic E-state index is 5.84. The lowest BCUT2D eigenvalue weighted by molar-refractivity contribution is 1.09. The number of nitrogens with one attached hydrogen (secondary N) is 1. The number of pyridine rings is 1. The number of halogens is 1. The van der Waals surface area contributed by atoms with Gasteiger partial charge in [-0.3, -0.25) is 0 Å². The second-order valence-electron chi connectivity index (χ2n) is 4.09. The molecule has 2 rings (SSSR count). The highest BCUT2D eigenvalue weighted by molar-refractivity contribution is 6.29. The fourth-order valence-electron chi connectivity index (χ4n) is 1.83. The molecule has 0 spiro atoms. The van der Waals surface area contributed by atoms with Crippen LogP contribution in [0.4, 0.5) is 5.69 Å². The average molecular weight is 247 g/mol. The van der Waals surface area contributed by atoms with Crippen molar-refractivity contribution >= 4 is 17.3 Å². The first kappa shape index (κ1) is 11.9. The van der Waals surface area contributed by atoms with Crippen LogP contribution in [-0.2, 0) is 6.54 Å². The Balaban J connectivity index is 2.13. The Morgan fingerprint density at radius 2 is 1.88 bits per heavy atom. The Morgan fingerprint density at radius 3 is 2.53 bits per heavy atom. The van der Waals surface area contributed by atoms with Crippen LogP contribution in [0.25, 0.3) is 0 Å². The van der Waals surface area contributed by atoms with Crippen LogP contribution >= 0.6 is 11.6 Å². The summed E-state index contributed by atoms with van der Waals surface area (Å²) in [7, 11) is 0. The van der Waals surface area contributed by atoms with Crippen LogP contribution in [0.2, 0.25) is 5.15 Å². The molecule has 1 N–H and O–H groups in total. The molecule has 17 heavy (non-hydrogen) atoms. The summed E-state index contributed by atoms with van der Waals surface area (Å²) in [5.74, 6) is 0. The molecule has 88 valence electrons. The second-order valence-corrected chi connectivity index (χ2v) is 4.48. The first-order chi connectivity index (χ1) is 8.16. The Hall–Kier alpha value is -1.54. The lowest BCUT2D eigenvalue weighted by atomic mass is 10.0. The maximum atomic E-state index is 5.84. The normalized spacial score (nSPS) is 10.3. The minimum absolute atomic E-state index is 0.511. The van der Waals surface area contributed by atoms with E-state index in [2.05, 4.69) is 42.3 Å². The largest absolute Gasteiger partial charge is 0.381 e. The van der Waals surface area contributed by atoms with Gasteiger partial charge in [-0.2, -0.15) is 0 Å². The third-order valence-corrected chi connectivity index (χ3v) is 3.05. The fraction of sp³-hybridized carbons (Fsp3) is 0.214. The van der Waals surface area contributed by atoms with Gasteiger partial charge >= 0.3 is 0 Å². The van der Waals surface area contributed by atoms with Crippen molar-refractivity contribution in [2.24, 2.45) is 0 Å². The topological polar surface area (TPSA) is 24.9 Å². The minimum atomic E-state index is 0.511. The molecule has 0 saturated heterocycles. The smallest absolute Gasteiger partial charge is 0.131 e.